The Morgan fingerprint density at radius 1 is 1.38 bits per heavy atom. The zero-order valence-corrected chi connectivity index (χ0v) is 8.68. The monoisotopic (exact) mass is 214 g/mol. The molecule has 0 saturated carbocycles. The number of benzene rings is 1. The lowest BCUT2D eigenvalue weighted by atomic mass is 10.1. The van der Waals surface area contributed by atoms with Crippen molar-refractivity contribution in [1.82, 2.24) is 9.78 Å². The first-order valence-corrected chi connectivity index (χ1v) is 4.65. The van der Waals surface area contributed by atoms with Crippen molar-refractivity contribution in [3.8, 4) is 23.1 Å². The summed E-state index contributed by atoms with van der Waals surface area (Å²) in [5, 5.41) is 22.5. The van der Waals surface area contributed by atoms with Gasteiger partial charge in [-0.1, -0.05) is 12.1 Å². The van der Waals surface area contributed by atoms with Gasteiger partial charge in [-0.2, -0.15) is 10.4 Å². The molecule has 1 aromatic carbocycles. The van der Waals surface area contributed by atoms with E-state index >= 15 is 0 Å². The second kappa shape index (κ2) is 3.59. The van der Waals surface area contributed by atoms with E-state index in [1.165, 1.54) is 4.68 Å². The van der Waals surface area contributed by atoms with Crippen molar-refractivity contribution in [3.05, 3.63) is 29.8 Å². The molecule has 2 rings (SSSR count). The lowest BCUT2D eigenvalue weighted by molar-refractivity contribution is 0.479. The van der Waals surface area contributed by atoms with Crippen molar-refractivity contribution in [3.63, 3.8) is 0 Å². The van der Waals surface area contributed by atoms with Crippen molar-refractivity contribution in [2.45, 2.75) is 0 Å². The summed E-state index contributed by atoms with van der Waals surface area (Å²) >= 11 is 0. The molecule has 0 radical (unpaired) electrons. The molecule has 1 aromatic heterocycles. The fourth-order valence-electron chi connectivity index (χ4n) is 1.42. The quantitative estimate of drug-likeness (QED) is 0.747. The summed E-state index contributed by atoms with van der Waals surface area (Å²) in [6, 6.07) is 8.80. The van der Waals surface area contributed by atoms with Gasteiger partial charge in [-0.05, 0) is 12.1 Å². The molecule has 80 valence electrons. The van der Waals surface area contributed by atoms with Gasteiger partial charge in [-0.25, -0.2) is 4.68 Å². The molecule has 0 fully saturated rings. The van der Waals surface area contributed by atoms with Gasteiger partial charge >= 0.3 is 0 Å². The van der Waals surface area contributed by atoms with Crippen molar-refractivity contribution >= 4 is 5.82 Å². The summed E-state index contributed by atoms with van der Waals surface area (Å²) in [4.78, 5) is 0. The van der Waals surface area contributed by atoms with E-state index in [9.17, 15) is 5.11 Å². The van der Waals surface area contributed by atoms with Crippen LogP contribution in [0.4, 0.5) is 5.82 Å². The number of aromatic hydroxyl groups is 1. The minimum atomic E-state index is -0.0350. The third-order valence-electron chi connectivity index (χ3n) is 2.35. The van der Waals surface area contributed by atoms with Crippen molar-refractivity contribution in [1.29, 1.82) is 5.26 Å². The average Bonchev–Trinajstić information content (AvgIpc) is 2.57. The molecule has 0 aliphatic carbocycles. The van der Waals surface area contributed by atoms with Crippen LogP contribution < -0.4 is 5.73 Å². The lowest BCUT2D eigenvalue weighted by Crippen LogP contribution is -1.96. The van der Waals surface area contributed by atoms with E-state index < -0.39 is 0 Å². The van der Waals surface area contributed by atoms with Crippen molar-refractivity contribution in [2.24, 2.45) is 7.05 Å². The van der Waals surface area contributed by atoms with Gasteiger partial charge in [0.05, 0.1) is 11.6 Å². The second-order valence-corrected chi connectivity index (χ2v) is 3.40. The normalized spacial score (nSPS) is 10.0. The lowest BCUT2D eigenvalue weighted by Gasteiger charge is -1.97. The number of hydrogen-bond donors (Lipinski definition) is 2. The van der Waals surface area contributed by atoms with Gasteiger partial charge in [0.25, 0.3) is 0 Å². The van der Waals surface area contributed by atoms with Gasteiger partial charge in [0.15, 0.2) is 11.6 Å². The second-order valence-electron chi connectivity index (χ2n) is 3.40. The third kappa shape index (κ3) is 1.46. The molecule has 3 N–H and O–H groups in total. The highest BCUT2D eigenvalue weighted by Crippen LogP contribution is 2.32. The number of nitrogen functional groups attached to an aromatic ring is 1. The van der Waals surface area contributed by atoms with E-state index in [0.717, 1.165) is 5.56 Å². The number of aryl methyl sites for hydroxylation is 1. The van der Waals surface area contributed by atoms with Crippen molar-refractivity contribution < 1.29 is 5.11 Å². The molecule has 2 aromatic rings. The highest BCUT2D eigenvalue weighted by atomic mass is 16.3. The van der Waals surface area contributed by atoms with Crippen LogP contribution in [0, 0.1) is 11.3 Å². The predicted octanol–water partition coefficient (Wildman–Crippen LogP) is 1.25. The average molecular weight is 214 g/mol. The van der Waals surface area contributed by atoms with Crippen LogP contribution >= 0.6 is 0 Å². The molecule has 0 atom stereocenters. The molecule has 0 amide bonds. The van der Waals surface area contributed by atoms with Gasteiger partial charge in [-0.3, -0.25) is 0 Å². The molecular weight excluding hydrogens is 204 g/mol. The van der Waals surface area contributed by atoms with Crippen LogP contribution in [0.5, 0.6) is 5.75 Å². The largest absolute Gasteiger partial charge is 0.503 e. The van der Waals surface area contributed by atoms with Gasteiger partial charge in [0.2, 0.25) is 0 Å². The number of hydrogen-bond acceptors (Lipinski definition) is 4. The SMILES string of the molecule is Cn1nc(-c2ccc(C#N)cc2)c(O)c1N. The summed E-state index contributed by atoms with van der Waals surface area (Å²) in [5.74, 6) is 0.187. The van der Waals surface area contributed by atoms with Gasteiger partial charge < -0.3 is 10.8 Å². The third-order valence-corrected chi connectivity index (χ3v) is 2.35. The van der Waals surface area contributed by atoms with E-state index in [4.69, 9.17) is 11.0 Å². The highest BCUT2D eigenvalue weighted by molar-refractivity contribution is 5.72. The summed E-state index contributed by atoms with van der Waals surface area (Å²) in [7, 11) is 1.65. The standard InChI is InChI=1S/C11H10N4O/c1-15-11(13)10(16)9(14-15)8-4-2-7(6-12)3-5-8/h2-5,16H,13H2,1H3. The molecule has 0 saturated heterocycles. The van der Waals surface area contributed by atoms with E-state index in [2.05, 4.69) is 5.10 Å². The maximum Gasteiger partial charge on any atom is 0.186 e. The molecule has 0 spiro atoms. The molecule has 0 aliphatic rings. The Morgan fingerprint density at radius 3 is 2.44 bits per heavy atom. The summed E-state index contributed by atoms with van der Waals surface area (Å²) in [6.45, 7) is 0. The highest BCUT2D eigenvalue weighted by Gasteiger charge is 2.13. The molecule has 1 heterocycles. The Bertz CT molecular complexity index is 563. The zero-order valence-electron chi connectivity index (χ0n) is 8.68. The number of nitrogens with two attached hydrogens (primary N) is 1. The van der Waals surface area contributed by atoms with Crippen molar-refractivity contribution in [2.75, 3.05) is 5.73 Å². The number of nitriles is 1. The summed E-state index contributed by atoms with van der Waals surface area (Å²) in [6.07, 6.45) is 0. The first-order valence-electron chi connectivity index (χ1n) is 4.65. The van der Waals surface area contributed by atoms with Crippen LogP contribution in [-0.4, -0.2) is 14.9 Å². The topological polar surface area (TPSA) is 87.9 Å². The minimum Gasteiger partial charge on any atom is -0.503 e. The van der Waals surface area contributed by atoms with Crippen LogP contribution in [0.1, 0.15) is 5.56 Å². The number of anilines is 1. The minimum absolute atomic E-state index is 0.0350. The van der Waals surface area contributed by atoms with Gasteiger partial charge in [0, 0.05) is 12.6 Å². The number of rotatable bonds is 1. The van der Waals surface area contributed by atoms with E-state index in [0.29, 0.717) is 11.3 Å². The fourth-order valence-corrected chi connectivity index (χ4v) is 1.42. The fraction of sp³-hybridized carbons (Fsp3) is 0.0909. The van der Waals surface area contributed by atoms with E-state index in [1.807, 2.05) is 6.07 Å². The smallest absolute Gasteiger partial charge is 0.186 e. The van der Waals surface area contributed by atoms with Gasteiger partial charge in [-0.15, -0.1) is 0 Å². The Kier molecular flexibility index (Phi) is 2.25. The van der Waals surface area contributed by atoms with E-state index in [1.54, 1.807) is 31.3 Å². The maximum absolute atomic E-state index is 9.72. The van der Waals surface area contributed by atoms with Crippen LogP contribution in [0.2, 0.25) is 0 Å². The molecular formula is C11H10N4O. The summed E-state index contributed by atoms with van der Waals surface area (Å²) in [5.41, 5.74) is 7.30. The van der Waals surface area contributed by atoms with E-state index in [-0.39, 0.29) is 11.6 Å². The Balaban J connectivity index is 2.51. The zero-order chi connectivity index (χ0) is 11.7. The van der Waals surface area contributed by atoms with Gasteiger partial charge in [0.1, 0.15) is 5.69 Å². The Labute approximate surface area is 92.4 Å². The van der Waals surface area contributed by atoms with Crippen LogP contribution in [-0.2, 0) is 7.05 Å². The van der Waals surface area contributed by atoms with Crippen LogP contribution in [0.3, 0.4) is 0 Å². The number of aromatic nitrogens is 2. The summed E-state index contributed by atoms with van der Waals surface area (Å²) < 4.78 is 1.41. The molecule has 16 heavy (non-hydrogen) atoms. The molecule has 0 unspecified atom stereocenters. The first kappa shape index (κ1) is 10.1. The molecule has 0 bridgehead atoms. The number of nitrogens with zero attached hydrogens (tertiary/aromatic N) is 3. The maximum atomic E-state index is 9.72. The molecule has 5 heteroatoms. The Hall–Kier alpha value is -2.48. The molecule has 0 aliphatic heterocycles. The Morgan fingerprint density at radius 2 is 2.00 bits per heavy atom. The van der Waals surface area contributed by atoms with Crippen LogP contribution in [0.25, 0.3) is 11.3 Å². The first-order chi connectivity index (χ1) is 7.63. The molecule has 5 nitrogen and oxygen atoms in total. The predicted molar refractivity (Wildman–Crippen MR) is 59.4 cm³/mol. The van der Waals surface area contributed by atoms with Crippen LogP contribution in [0.15, 0.2) is 24.3 Å².